The van der Waals surface area contributed by atoms with E-state index in [4.69, 9.17) is 0 Å². The molecule has 9 aromatic rings. The molecule has 0 aliphatic carbocycles. The third-order valence-electron chi connectivity index (χ3n) is 9.98. The van der Waals surface area contributed by atoms with E-state index >= 15 is 0 Å². The zero-order valence-corrected chi connectivity index (χ0v) is 24.0. The van der Waals surface area contributed by atoms with Crippen LogP contribution in [0, 0.1) is 0 Å². The topological polar surface area (TPSA) is 4.93 Å². The number of benzene rings is 8. The summed E-state index contributed by atoms with van der Waals surface area (Å²) in [5.41, 5.74) is 10.8. The fourth-order valence-corrected chi connectivity index (χ4v) is 9.46. The fourth-order valence-electron chi connectivity index (χ4n) is 8.25. The van der Waals surface area contributed by atoms with Crippen molar-refractivity contribution in [3.63, 3.8) is 0 Å². The molecule has 196 valence electrons. The molecule has 0 saturated carbocycles. The average Bonchev–Trinajstić information content (AvgIpc) is 3.40. The summed E-state index contributed by atoms with van der Waals surface area (Å²) in [4.78, 5) is 2.72. The summed E-state index contributed by atoms with van der Waals surface area (Å²) >= 11 is 1.93. The van der Waals surface area contributed by atoms with E-state index < -0.39 is 0 Å². The molecule has 0 unspecified atom stereocenters. The lowest BCUT2D eigenvalue weighted by molar-refractivity contribution is 1.17. The molecule has 0 saturated heterocycles. The Labute approximate surface area is 252 Å². The van der Waals surface area contributed by atoms with Crippen LogP contribution in [0.2, 0.25) is 0 Å². The fraction of sp³-hybridized carbons (Fsp3) is 0. The van der Waals surface area contributed by atoms with Crippen LogP contribution in [0.1, 0.15) is 0 Å². The van der Waals surface area contributed by atoms with Crippen LogP contribution in [-0.2, 0) is 0 Å². The molecule has 1 nitrogen and oxygen atoms in total. The molecule has 0 atom stereocenters. The molecule has 3 heterocycles. The lowest BCUT2D eigenvalue weighted by Crippen LogP contribution is -2.58. The molecule has 43 heavy (non-hydrogen) atoms. The predicted molar refractivity (Wildman–Crippen MR) is 185 cm³/mol. The lowest BCUT2D eigenvalue weighted by atomic mass is 9.35. The van der Waals surface area contributed by atoms with Gasteiger partial charge in [0.15, 0.2) is 0 Å². The molecule has 2 aliphatic rings. The van der Waals surface area contributed by atoms with E-state index in [-0.39, 0.29) is 6.71 Å². The zero-order valence-electron chi connectivity index (χ0n) is 23.1. The van der Waals surface area contributed by atoms with Gasteiger partial charge in [0.25, 0.3) is 0 Å². The quantitative estimate of drug-likeness (QED) is 0.144. The molecule has 8 aromatic carbocycles. The zero-order chi connectivity index (χ0) is 27.8. The summed E-state index contributed by atoms with van der Waals surface area (Å²) in [7, 11) is 0. The highest BCUT2D eigenvalue weighted by molar-refractivity contribution is 8.00. The van der Waals surface area contributed by atoms with Crippen molar-refractivity contribution in [2.45, 2.75) is 9.79 Å². The number of para-hydroxylation sites is 2. The summed E-state index contributed by atoms with van der Waals surface area (Å²) in [5.74, 6) is 0. The lowest BCUT2D eigenvalue weighted by Gasteiger charge is -2.33. The minimum absolute atomic E-state index is 0.221. The highest BCUT2D eigenvalue weighted by Gasteiger charge is 2.39. The molecule has 0 radical (unpaired) electrons. The normalized spacial score (nSPS) is 13.4. The van der Waals surface area contributed by atoms with Crippen LogP contribution in [0.15, 0.2) is 143 Å². The summed E-state index contributed by atoms with van der Waals surface area (Å²) in [6.45, 7) is 0.221. The highest BCUT2D eigenvalue weighted by Crippen LogP contribution is 2.43. The molecule has 0 spiro atoms. The Morgan fingerprint density at radius 2 is 1.23 bits per heavy atom. The van der Waals surface area contributed by atoms with Gasteiger partial charge in [0.1, 0.15) is 0 Å². The van der Waals surface area contributed by atoms with Crippen LogP contribution in [0.4, 0.5) is 0 Å². The third-order valence-corrected chi connectivity index (χ3v) is 11.1. The van der Waals surface area contributed by atoms with E-state index in [9.17, 15) is 0 Å². The maximum atomic E-state index is 2.56. The van der Waals surface area contributed by atoms with Gasteiger partial charge >= 0.3 is 0 Å². The van der Waals surface area contributed by atoms with E-state index in [1.807, 2.05) is 11.8 Å². The van der Waals surface area contributed by atoms with Gasteiger partial charge in [0.05, 0.1) is 5.52 Å². The monoisotopic (exact) mass is 559 g/mol. The summed E-state index contributed by atoms with van der Waals surface area (Å²) < 4.78 is 2.56. The van der Waals surface area contributed by atoms with Gasteiger partial charge in [0, 0.05) is 31.8 Å². The minimum Gasteiger partial charge on any atom is -0.310 e. The molecule has 0 amide bonds. The maximum Gasteiger partial charge on any atom is 0.249 e. The molecule has 1 aromatic heterocycles. The first-order chi connectivity index (χ1) is 21.3. The summed E-state index contributed by atoms with van der Waals surface area (Å²) in [6.07, 6.45) is 0. The van der Waals surface area contributed by atoms with Crippen molar-refractivity contribution in [2.75, 3.05) is 0 Å². The Bertz CT molecular complexity index is 2650. The van der Waals surface area contributed by atoms with Gasteiger partial charge in [-0.1, -0.05) is 126 Å². The van der Waals surface area contributed by atoms with Crippen LogP contribution in [0.5, 0.6) is 0 Å². The van der Waals surface area contributed by atoms with Crippen LogP contribution in [0.25, 0.3) is 70.9 Å². The van der Waals surface area contributed by atoms with Gasteiger partial charge in [-0.2, -0.15) is 0 Å². The predicted octanol–water partition coefficient (Wildman–Crippen LogP) is 8.64. The molecule has 3 heteroatoms. The first-order valence-electron chi connectivity index (χ1n) is 15.0. The van der Waals surface area contributed by atoms with Crippen molar-refractivity contribution in [3.05, 3.63) is 133 Å². The van der Waals surface area contributed by atoms with Gasteiger partial charge in [-0.25, -0.2) is 0 Å². The van der Waals surface area contributed by atoms with E-state index in [1.165, 1.54) is 97.1 Å². The van der Waals surface area contributed by atoms with Crippen molar-refractivity contribution in [3.8, 4) is 16.8 Å². The van der Waals surface area contributed by atoms with Crippen LogP contribution in [0.3, 0.4) is 0 Å². The number of nitrogens with zero attached hydrogens (tertiary/aromatic N) is 1. The second-order valence-corrected chi connectivity index (χ2v) is 13.1. The number of rotatable bonds is 1. The third kappa shape index (κ3) is 2.77. The maximum absolute atomic E-state index is 2.56. The van der Waals surface area contributed by atoms with Gasteiger partial charge < -0.3 is 4.57 Å². The summed E-state index contributed by atoms with van der Waals surface area (Å²) in [5, 5.41) is 10.6. The van der Waals surface area contributed by atoms with E-state index in [1.54, 1.807) is 0 Å². The van der Waals surface area contributed by atoms with Crippen LogP contribution in [-0.4, -0.2) is 11.3 Å². The molecule has 11 rings (SSSR count). The number of hydrogen-bond donors (Lipinski definition) is 0. The second-order valence-electron chi connectivity index (χ2n) is 12.0. The Hall–Kier alpha value is -4.99. The van der Waals surface area contributed by atoms with Crippen molar-refractivity contribution >= 4 is 89.0 Å². The first kappa shape index (κ1) is 22.6. The number of aromatic nitrogens is 1. The van der Waals surface area contributed by atoms with E-state index in [0.29, 0.717) is 0 Å². The van der Waals surface area contributed by atoms with Crippen molar-refractivity contribution in [1.29, 1.82) is 0 Å². The first-order valence-corrected chi connectivity index (χ1v) is 15.8. The van der Waals surface area contributed by atoms with Gasteiger partial charge in [-0.15, -0.1) is 0 Å². The smallest absolute Gasteiger partial charge is 0.249 e. The van der Waals surface area contributed by atoms with Crippen LogP contribution < -0.4 is 16.4 Å². The number of hydrogen-bond acceptors (Lipinski definition) is 1. The van der Waals surface area contributed by atoms with E-state index in [2.05, 4.69) is 138 Å². The Balaban J connectivity index is 1.29. The largest absolute Gasteiger partial charge is 0.310 e. The second kappa shape index (κ2) is 7.89. The molecule has 0 bridgehead atoms. The SMILES string of the molecule is c1ccc2c(c1)Sc1cc(-c3ccc4ccc5cccc6ccc3c4c56)cc3c1B2c1cccc2c4ccccc4n-3c12. The summed E-state index contributed by atoms with van der Waals surface area (Å²) in [6, 6.07) is 50.3. The van der Waals surface area contributed by atoms with E-state index in [0.717, 1.165) is 0 Å². The average molecular weight is 560 g/mol. The molecular formula is C40H22BNS. The van der Waals surface area contributed by atoms with Crippen molar-refractivity contribution in [1.82, 2.24) is 4.57 Å². The van der Waals surface area contributed by atoms with Crippen LogP contribution >= 0.6 is 11.8 Å². The van der Waals surface area contributed by atoms with Gasteiger partial charge in [-0.3, -0.25) is 0 Å². The Morgan fingerprint density at radius 3 is 2.16 bits per heavy atom. The number of fused-ring (bicyclic) bond motifs is 7. The highest BCUT2D eigenvalue weighted by atomic mass is 32.2. The van der Waals surface area contributed by atoms with Gasteiger partial charge in [-0.05, 0) is 78.6 Å². The minimum atomic E-state index is 0.221. The van der Waals surface area contributed by atoms with Crippen molar-refractivity contribution < 1.29 is 0 Å². The molecule has 2 aliphatic heterocycles. The molecule has 0 fully saturated rings. The molecular weight excluding hydrogens is 537 g/mol. The van der Waals surface area contributed by atoms with Gasteiger partial charge in [0.2, 0.25) is 6.71 Å². The Kier molecular flexibility index (Phi) is 4.14. The molecule has 0 N–H and O–H groups in total. The Morgan fingerprint density at radius 1 is 0.512 bits per heavy atom. The standard InChI is InChI=1S/C40H22BNS/c1-3-13-33-28(9-1)30-10-6-12-32-40(30)42(33)34-21-26(22-36-39(34)41(32)31-11-2-4-14-35(31)43-36)27-19-17-25-16-15-23-7-5-8-24-18-20-29(27)38(25)37(23)24/h1-22H. The van der Waals surface area contributed by atoms with Crippen molar-refractivity contribution in [2.24, 2.45) is 0 Å².